The first-order chi connectivity index (χ1) is 11.4. The number of carbonyl (C=O) groups is 2. The summed E-state index contributed by atoms with van der Waals surface area (Å²) in [7, 11) is 0. The van der Waals surface area contributed by atoms with Crippen LogP contribution in [0, 0.1) is 11.8 Å². The standard InChI is InChI=1S/C20H26O4/c1-15(2)13-23-19(21)18(20(22)24-14-16(3)4)12-8-11-17-9-6-5-7-10-17/h5-12,15-16H,13-14H2,1-4H3/b11-8+. The Kier molecular flexibility index (Phi) is 8.55. The normalized spacial score (nSPS) is 10.9. The SMILES string of the molecule is CC(C)COC(=O)C(=C/C=C/c1ccccc1)C(=O)OCC(C)C. The fourth-order valence-electron chi connectivity index (χ4n) is 1.68. The molecule has 0 radical (unpaired) electrons. The number of hydrogen-bond acceptors (Lipinski definition) is 4. The van der Waals surface area contributed by atoms with E-state index in [2.05, 4.69) is 0 Å². The predicted octanol–water partition coefficient (Wildman–Crippen LogP) is 4.02. The van der Waals surface area contributed by atoms with Crippen molar-refractivity contribution in [2.24, 2.45) is 11.8 Å². The first-order valence-electron chi connectivity index (χ1n) is 8.17. The number of hydrogen-bond donors (Lipinski definition) is 0. The molecule has 0 atom stereocenters. The highest BCUT2D eigenvalue weighted by Gasteiger charge is 2.21. The second-order valence-electron chi connectivity index (χ2n) is 6.33. The van der Waals surface area contributed by atoms with E-state index in [9.17, 15) is 9.59 Å². The molecule has 130 valence electrons. The maximum Gasteiger partial charge on any atom is 0.345 e. The van der Waals surface area contributed by atoms with Gasteiger partial charge in [0, 0.05) is 0 Å². The third-order valence-corrected chi connectivity index (χ3v) is 2.89. The molecule has 24 heavy (non-hydrogen) atoms. The van der Waals surface area contributed by atoms with E-state index in [1.54, 1.807) is 6.08 Å². The van der Waals surface area contributed by atoms with Gasteiger partial charge in [0.2, 0.25) is 0 Å². The van der Waals surface area contributed by atoms with Gasteiger partial charge in [-0.15, -0.1) is 0 Å². The van der Waals surface area contributed by atoms with E-state index in [1.165, 1.54) is 6.08 Å². The first-order valence-corrected chi connectivity index (χ1v) is 8.17. The molecule has 0 aromatic heterocycles. The summed E-state index contributed by atoms with van der Waals surface area (Å²) in [5.41, 5.74) is 0.877. The average Bonchev–Trinajstić information content (AvgIpc) is 2.55. The molecule has 4 nitrogen and oxygen atoms in total. The topological polar surface area (TPSA) is 52.6 Å². The van der Waals surface area contributed by atoms with Crippen molar-refractivity contribution in [1.82, 2.24) is 0 Å². The molecule has 0 amide bonds. The maximum absolute atomic E-state index is 12.2. The number of benzene rings is 1. The molecule has 1 aromatic rings. The summed E-state index contributed by atoms with van der Waals surface area (Å²) >= 11 is 0. The summed E-state index contributed by atoms with van der Waals surface area (Å²) in [4.78, 5) is 24.3. The second-order valence-corrected chi connectivity index (χ2v) is 6.33. The number of rotatable bonds is 8. The first kappa shape index (κ1) is 19.7. The lowest BCUT2D eigenvalue weighted by molar-refractivity contribution is -0.148. The van der Waals surface area contributed by atoms with E-state index in [0.29, 0.717) is 0 Å². The minimum absolute atomic E-state index is 0.0940. The van der Waals surface area contributed by atoms with E-state index < -0.39 is 11.9 Å². The van der Waals surface area contributed by atoms with Crippen LogP contribution in [0.25, 0.3) is 6.08 Å². The molecule has 0 aliphatic carbocycles. The smallest absolute Gasteiger partial charge is 0.345 e. The van der Waals surface area contributed by atoms with Gasteiger partial charge in [0.15, 0.2) is 0 Å². The van der Waals surface area contributed by atoms with Crippen LogP contribution in [-0.2, 0) is 19.1 Å². The lowest BCUT2D eigenvalue weighted by Crippen LogP contribution is -2.21. The Labute approximate surface area is 144 Å². The van der Waals surface area contributed by atoms with E-state index in [1.807, 2.05) is 64.1 Å². The van der Waals surface area contributed by atoms with Gasteiger partial charge in [-0.2, -0.15) is 0 Å². The minimum Gasteiger partial charge on any atom is -0.462 e. The van der Waals surface area contributed by atoms with Crippen LogP contribution < -0.4 is 0 Å². The van der Waals surface area contributed by atoms with Gasteiger partial charge in [-0.05, 0) is 23.5 Å². The Hall–Kier alpha value is -2.36. The molecule has 4 heteroatoms. The van der Waals surface area contributed by atoms with Crippen molar-refractivity contribution >= 4 is 18.0 Å². The zero-order valence-corrected chi connectivity index (χ0v) is 14.8. The molecular formula is C20H26O4. The van der Waals surface area contributed by atoms with Gasteiger partial charge in [0.05, 0.1) is 13.2 Å². The van der Waals surface area contributed by atoms with Gasteiger partial charge in [0.25, 0.3) is 0 Å². The Bertz CT molecular complexity index is 557. The van der Waals surface area contributed by atoms with Crippen molar-refractivity contribution in [2.75, 3.05) is 13.2 Å². The van der Waals surface area contributed by atoms with Gasteiger partial charge in [0.1, 0.15) is 5.57 Å². The molecule has 0 heterocycles. The van der Waals surface area contributed by atoms with Crippen LogP contribution in [0.5, 0.6) is 0 Å². The zero-order valence-electron chi connectivity index (χ0n) is 14.8. The maximum atomic E-state index is 12.2. The third kappa shape index (κ3) is 7.77. The van der Waals surface area contributed by atoms with E-state index in [4.69, 9.17) is 9.47 Å². The molecule has 0 spiro atoms. The van der Waals surface area contributed by atoms with Crippen molar-refractivity contribution in [3.63, 3.8) is 0 Å². The molecule has 0 N–H and O–H groups in total. The molecular weight excluding hydrogens is 304 g/mol. The largest absolute Gasteiger partial charge is 0.462 e. The van der Waals surface area contributed by atoms with Gasteiger partial charge in [-0.25, -0.2) is 9.59 Å². The van der Waals surface area contributed by atoms with Crippen LogP contribution in [0.4, 0.5) is 0 Å². The van der Waals surface area contributed by atoms with Crippen LogP contribution >= 0.6 is 0 Å². The molecule has 0 aliphatic rings. The van der Waals surface area contributed by atoms with Crippen LogP contribution in [0.2, 0.25) is 0 Å². The van der Waals surface area contributed by atoms with Gasteiger partial charge >= 0.3 is 11.9 Å². The minimum atomic E-state index is -0.657. The number of esters is 2. The van der Waals surface area contributed by atoms with Crippen molar-refractivity contribution in [2.45, 2.75) is 27.7 Å². The second kappa shape index (κ2) is 10.4. The fraction of sp³-hybridized carbons (Fsp3) is 0.400. The van der Waals surface area contributed by atoms with Crippen LogP contribution in [0.3, 0.4) is 0 Å². The van der Waals surface area contributed by atoms with E-state index >= 15 is 0 Å². The monoisotopic (exact) mass is 330 g/mol. The highest BCUT2D eigenvalue weighted by Crippen LogP contribution is 2.08. The van der Waals surface area contributed by atoms with Crippen LogP contribution in [0.15, 0.2) is 48.1 Å². The van der Waals surface area contributed by atoms with Crippen molar-refractivity contribution in [3.05, 3.63) is 53.6 Å². The quantitative estimate of drug-likeness (QED) is 0.237. The van der Waals surface area contributed by atoms with E-state index in [0.717, 1.165) is 5.56 Å². The zero-order chi connectivity index (χ0) is 17.9. The summed E-state index contributed by atoms with van der Waals surface area (Å²) in [5.74, 6) is -0.922. The summed E-state index contributed by atoms with van der Waals surface area (Å²) in [5, 5.41) is 0. The summed E-state index contributed by atoms with van der Waals surface area (Å²) < 4.78 is 10.3. The van der Waals surface area contributed by atoms with E-state index in [-0.39, 0.29) is 30.6 Å². The Morgan fingerprint density at radius 1 is 0.917 bits per heavy atom. The molecule has 0 bridgehead atoms. The predicted molar refractivity (Wildman–Crippen MR) is 95.2 cm³/mol. The molecule has 1 rings (SSSR count). The van der Waals surface area contributed by atoms with Gasteiger partial charge < -0.3 is 9.47 Å². The fourth-order valence-corrected chi connectivity index (χ4v) is 1.68. The lowest BCUT2D eigenvalue weighted by atomic mass is 10.2. The van der Waals surface area contributed by atoms with Crippen molar-refractivity contribution in [3.8, 4) is 0 Å². The van der Waals surface area contributed by atoms with Gasteiger partial charge in [-0.3, -0.25) is 0 Å². The van der Waals surface area contributed by atoms with Crippen molar-refractivity contribution in [1.29, 1.82) is 0 Å². The van der Waals surface area contributed by atoms with Crippen LogP contribution in [-0.4, -0.2) is 25.2 Å². The Balaban J connectivity index is 2.86. The van der Waals surface area contributed by atoms with Crippen molar-refractivity contribution < 1.29 is 19.1 Å². The summed E-state index contributed by atoms with van der Waals surface area (Å²) in [6.45, 7) is 8.25. The van der Waals surface area contributed by atoms with Gasteiger partial charge in [-0.1, -0.05) is 70.2 Å². The molecule has 0 saturated heterocycles. The highest BCUT2D eigenvalue weighted by atomic mass is 16.6. The Morgan fingerprint density at radius 2 is 1.42 bits per heavy atom. The molecule has 0 unspecified atom stereocenters. The summed E-state index contributed by atoms with van der Waals surface area (Å²) in [6.07, 6.45) is 4.90. The molecule has 0 fully saturated rings. The number of ether oxygens (including phenoxy) is 2. The molecule has 0 saturated carbocycles. The average molecular weight is 330 g/mol. The number of allylic oxidation sites excluding steroid dienone is 2. The summed E-state index contributed by atoms with van der Waals surface area (Å²) in [6, 6.07) is 9.61. The lowest BCUT2D eigenvalue weighted by Gasteiger charge is -2.11. The molecule has 0 aliphatic heterocycles. The highest BCUT2D eigenvalue weighted by molar-refractivity contribution is 6.14. The van der Waals surface area contributed by atoms with Crippen LogP contribution in [0.1, 0.15) is 33.3 Å². The Morgan fingerprint density at radius 3 is 1.88 bits per heavy atom. The molecule has 1 aromatic carbocycles. The third-order valence-electron chi connectivity index (χ3n) is 2.89. The number of carbonyl (C=O) groups excluding carboxylic acids is 2.